The SMILES string of the molecule is CO[C@H]1/C=C\C=C(/C)C(=O)NC2=CC(=O)C(NC(O)CN(C)C)=C(C[C@@H](CO)C[C@H](OC)[C@H](O)[C@@H](CO)/C=C(\C)[C@@H]1OC(N)=O)C2=O. The number of carbonyl (C=O) groups excluding carboxylic acids is 4. The summed E-state index contributed by atoms with van der Waals surface area (Å²) in [6.45, 7) is 2.14. The molecule has 262 valence electrons. The van der Waals surface area contributed by atoms with Gasteiger partial charge in [-0.1, -0.05) is 24.3 Å². The highest BCUT2D eigenvalue weighted by molar-refractivity contribution is 6.23. The Morgan fingerprint density at radius 2 is 1.83 bits per heavy atom. The summed E-state index contributed by atoms with van der Waals surface area (Å²) in [5.41, 5.74) is 5.27. The van der Waals surface area contributed by atoms with E-state index in [-0.39, 0.29) is 41.9 Å². The number of aliphatic hydroxyl groups excluding tert-OH is 4. The molecule has 7 atom stereocenters. The lowest BCUT2D eigenvalue weighted by Gasteiger charge is -2.31. The van der Waals surface area contributed by atoms with Gasteiger partial charge in [0.1, 0.15) is 12.3 Å². The maximum absolute atomic E-state index is 13.8. The number of primary amides is 1. The molecule has 0 saturated carbocycles. The number of nitrogens with one attached hydrogen (secondary N) is 2. The van der Waals surface area contributed by atoms with Crippen molar-refractivity contribution in [1.82, 2.24) is 15.5 Å². The number of nitrogens with zero attached hydrogens (tertiary/aromatic N) is 1. The number of Topliss-reactive ketones (excluding diaryl/α,β-unsaturated/α-hetero) is 1. The number of allylic oxidation sites excluding steroid dienone is 4. The molecule has 1 unspecified atom stereocenters. The van der Waals surface area contributed by atoms with Crippen LogP contribution in [0.15, 0.2) is 58.5 Å². The monoisotopic (exact) mass is 664 g/mol. The molecule has 1 aliphatic carbocycles. The number of hydrogen-bond donors (Lipinski definition) is 7. The summed E-state index contributed by atoms with van der Waals surface area (Å²) in [6, 6.07) is 0. The van der Waals surface area contributed by atoms with Gasteiger partial charge in [-0.15, -0.1) is 0 Å². The minimum atomic E-state index is -1.35. The molecule has 2 amide bonds. The van der Waals surface area contributed by atoms with E-state index in [1.54, 1.807) is 25.9 Å². The van der Waals surface area contributed by atoms with Gasteiger partial charge >= 0.3 is 6.09 Å². The van der Waals surface area contributed by atoms with Crippen LogP contribution in [0.4, 0.5) is 4.79 Å². The third-order valence-electron chi connectivity index (χ3n) is 7.83. The first-order valence-electron chi connectivity index (χ1n) is 15.1. The summed E-state index contributed by atoms with van der Waals surface area (Å²) in [5, 5.41) is 47.7. The van der Waals surface area contributed by atoms with E-state index in [4.69, 9.17) is 19.9 Å². The number of aliphatic hydroxyl groups is 4. The molecular weight excluding hydrogens is 616 g/mol. The van der Waals surface area contributed by atoms with Gasteiger partial charge < -0.3 is 55.9 Å². The zero-order chi connectivity index (χ0) is 35.4. The lowest BCUT2D eigenvalue weighted by Crippen LogP contribution is -2.43. The number of nitrogens with two attached hydrogens (primary N) is 1. The highest BCUT2D eigenvalue weighted by Gasteiger charge is 2.35. The summed E-state index contributed by atoms with van der Waals surface area (Å²) in [6.07, 6.45) is -0.0582. The van der Waals surface area contributed by atoms with Crippen LogP contribution in [0.5, 0.6) is 0 Å². The number of fused-ring (bicyclic) bond motifs is 2. The summed E-state index contributed by atoms with van der Waals surface area (Å²) < 4.78 is 16.4. The van der Waals surface area contributed by atoms with Gasteiger partial charge in [0.25, 0.3) is 5.91 Å². The summed E-state index contributed by atoms with van der Waals surface area (Å²) in [5.74, 6) is -3.78. The van der Waals surface area contributed by atoms with E-state index in [2.05, 4.69) is 10.6 Å². The van der Waals surface area contributed by atoms with Crippen LogP contribution in [0.3, 0.4) is 0 Å². The predicted molar refractivity (Wildman–Crippen MR) is 170 cm³/mol. The molecule has 0 aromatic heterocycles. The van der Waals surface area contributed by atoms with Crippen molar-refractivity contribution >= 4 is 23.6 Å². The van der Waals surface area contributed by atoms with Crippen molar-refractivity contribution in [1.29, 1.82) is 0 Å². The van der Waals surface area contributed by atoms with E-state index < -0.39 is 79.3 Å². The zero-order valence-corrected chi connectivity index (χ0v) is 27.6. The highest BCUT2D eigenvalue weighted by Crippen LogP contribution is 2.29. The van der Waals surface area contributed by atoms with E-state index in [9.17, 15) is 39.6 Å². The highest BCUT2D eigenvalue weighted by atomic mass is 16.6. The summed E-state index contributed by atoms with van der Waals surface area (Å²) in [4.78, 5) is 53.6. The van der Waals surface area contributed by atoms with Gasteiger partial charge in [-0.2, -0.15) is 0 Å². The fourth-order valence-electron chi connectivity index (χ4n) is 5.33. The van der Waals surface area contributed by atoms with Crippen LogP contribution < -0.4 is 16.4 Å². The number of likely N-dealkylation sites (N-methyl/N-ethyl adjacent to an activating group) is 1. The number of methoxy groups -OCH3 is 2. The molecule has 15 heteroatoms. The normalized spacial score (nSPS) is 30.4. The Bertz CT molecular complexity index is 1300. The van der Waals surface area contributed by atoms with Gasteiger partial charge in [0.2, 0.25) is 11.6 Å². The second-order valence-corrected chi connectivity index (χ2v) is 11.8. The molecule has 2 bridgehead atoms. The van der Waals surface area contributed by atoms with Gasteiger partial charge in [0, 0.05) is 50.5 Å². The van der Waals surface area contributed by atoms with Crippen molar-refractivity contribution in [2.75, 3.05) is 48.1 Å². The Morgan fingerprint density at radius 3 is 2.38 bits per heavy atom. The van der Waals surface area contributed by atoms with Crippen LogP contribution in [0, 0.1) is 11.8 Å². The molecular formula is C32H48N4O11. The smallest absolute Gasteiger partial charge is 0.405 e. The van der Waals surface area contributed by atoms with Crippen LogP contribution in [0.1, 0.15) is 26.7 Å². The van der Waals surface area contributed by atoms with Crippen LogP contribution in [0.2, 0.25) is 0 Å². The lowest BCUT2D eigenvalue weighted by atomic mass is 9.84. The standard InChI is InChI=1S/C32H48N4O11/c1-17-8-7-9-24(45-5)30(47-32(33)44)18(2)10-20(16-38)28(41)25(46-6)12-19(15-37)11-21-27(35-26(40)14-36(3)4)23(39)13-22(29(21)42)34-31(17)43/h7-10,13,19-20,24-26,28,30,35,37-38,40-41H,11-12,14-16H2,1-6H3,(H2,33,44)(H,34,43)/b9-7-,17-8+,18-10+/t19-,20-,24+,25+,26?,28-,30+/m1/s1. The summed E-state index contributed by atoms with van der Waals surface area (Å²) in [7, 11) is 6.11. The third kappa shape index (κ3) is 11.2. The number of rotatable bonds is 9. The Morgan fingerprint density at radius 1 is 1.15 bits per heavy atom. The maximum Gasteiger partial charge on any atom is 0.405 e. The van der Waals surface area contributed by atoms with Crippen LogP contribution >= 0.6 is 0 Å². The van der Waals surface area contributed by atoms with Gasteiger partial charge in [0.05, 0.1) is 30.2 Å². The number of carbonyl (C=O) groups is 4. The Labute approximate surface area is 274 Å². The van der Waals surface area contributed by atoms with Crippen molar-refractivity contribution < 1.29 is 53.8 Å². The van der Waals surface area contributed by atoms with E-state index in [1.807, 2.05) is 0 Å². The number of amides is 2. The number of ether oxygens (including phenoxy) is 3. The first-order chi connectivity index (χ1) is 22.2. The molecule has 1 aliphatic heterocycles. The Kier molecular flexibility index (Phi) is 15.6. The van der Waals surface area contributed by atoms with Gasteiger partial charge in [-0.05, 0) is 52.3 Å². The molecule has 0 radical (unpaired) electrons. The second kappa shape index (κ2) is 18.6. The summed E-state index contributed by atoms with van der Waals surface area (Å²) >= 11 is 0. The number of ketones is 2. The molecule has 0 aromatic rings. The van der Waals surface area contributed by atoms with Crippen molar-refractivity contribution in [2.24, 2.45) is 17.6 Å². The lowest BCUT2D eigenvalue weighted by molar-refractivity contribution is -0.120. The van der Waals surface area contributed by atoms with Crippen molar-refractivity contribution in [3.05, 3.63) is 58.5 Å². The van der Waals surface area contributed by atoms with Crippen molar-refractivity contribution in [2.45, 2.75) is 57.3 Å². The fraction of sp³-hybridized carbons (Fsp3) is 0.562. The Balaban J connectivity index is 2.71. The minimum Gasteiger partial charge on any atom is -0.439 e. The van der Waals surface area contributed by atoms with Gasteiger partial charge in [-0.25, -0.2) is 4.79 Å². The molecule has 15 nitrogen and oxygen atoms in total. The van der Waals surface area contributed by atoms with Crippen molar-refractivity contribution in [3.8, 4) is 0 Å². The molecule has 0 spiro atoms. The third-order valence-corrected chi connectivity index (χ3v) is 7.83. The maximum atomic E-state index is 13.8. The van der Waals surface area contributed by atoms with Crippen LogP contribution in [-0.4, -0.2) is 128 Å². The predicted octanol–water partition coefficient (Wildman–Crippen LogP) is -0.824. The van der Waals surface area contributed by atoms with Crippen LogP contribution in [0.25, 0.3) is 0 Å². The Hall–Kier alpha value is -3.70. The molecule has 2 aliphatic rings. The van der Waals surface area contributed by atoms with E-state index in [0.717, 1.165) is 6.08 Å². The first-order valence-corrected chi connectivity index (χ1v) is 15.1. The first kappa shape index (κ1) is 39.5. The quantitative estimate of drug-likeness (QED) is 0.0909. The topological polar surface area (TPSA) is 230 Å². The number of hydrogen-bond acceptors (Lipinski definition) is 13. The molecule has 2 rings (SSSR count). The van der Waals surface area contributed by atoms with Gasteiger partial charge in [0.15, 0.2) is 6.10 Å². The molecule has 0 aromatic carbocycles. The molecule has 0 saturated heterocycles. The second-order valence-electron chi connectivity index (χ2n) is 11.8. The zero-order valence-electron chi connectivity index (χ0n) is 27.6. The van der Waals surface area contributed by atoms with Crippen molar-refractivity contribution in [3.63, 3.8) is 0 Å². The van der Waals surface area contributed by atoms with Gasteiger partial charge in [-0.3, -0.25) is 14.4 Å². The molecule has 0 fully saturated rings. The fourth-order valence-corrected chi connectivity index (χ4v) is 5.33. The average Bonchev–Trinajstić information content (AvgIpc) is 3.01. The minimum absolute atomic E-state index is 0.0338. The van der Waals surface area contributed by atoms with E-state index in [0.29, 0.717) is 5.57 Å². The molecule has 47 heavy (non-hydrogen) atoms. The van der Waals surface area contributed by atoms with E-state index >= 15 is 0 Å². The molecule has 1 heterocycles. The largest absolute Gasteiger partial charge is 0.439 e. The van der Waals surface area contributed by atoms with E-state index in [1.165, 1.54) is 45.4 Å². The molecule has 8 N–H and O–H groups in total. The van der Waals surface area contributed by atoms with Crippen LogP contribution in [-0.2, 0) is 28.6 Å². The average molecular weight is 665 g/mol.